The Balaban J connectivity index is 0. The summed E-state index contributed by atoms with van der Waals surface area (Å²) < 4.78 is 0. The van der Waals surface area contributed by atoms with Gasteiger partial charge in [-0.25, -0.2) is 6.29 Å². The molecule has 4 heteroatoms. The second kappa shape index (κ2) is 7.35. The zero-order chi connectivity index (χ0) is 7.28. The van der Waals surface area contributed by atoms with Crippen molar-refractivity contribution < 1.29 is 42.3 Å². The van der Waals surface area contributed by atoms with E-state index in [0.29, 0.717) is 6.42 Å². The van der Waals surface area contributed by atoms with E-state index in [1.807, 2.05) is 6.92 Å². The summed E-state index contributed by atoms with van der Waals surface area (Å²) in [5, 5.41) is 2.42. The molecule has 0 heterocycles. The van der Waals surface area contributed by atoms with Crippen molar-refractivity contribution in [2.24, 2.45) is 0 Å². The van der Waals surface area contributed by atoms with E-state index >= 15 is 0 Å². The topological polar surface area (TPSA) is 46.2 Å². The summed E-state index contributed by atoms with van der Waals surface area (Å²) in [5.74, 6) is -0.190. The molecular weight excluding hydrogens is 207 g/mol. The van der Waals surface area contributed by atoms with Crippen molar-refractivity contribution in [3.8, 4) is 0 Å². The van der Waals surface area contributed by atoms with Crippen LogP contribution in [0.4, 0.5) is 0 Å². The molecule has 0 saturated heterocycles. The molecule has 0 aromatic carbocycles. The molecule has 1 unspecified atom stereocenters. The van der Waals surface area contributed by atoms with Gasteiger partial charge in [-0.2, -0.15) is 0 Å². The maximum absolute atomic E-state index is 10.3. The van der Waals surface area contributed by atoms with Gasteiger partial charge in [0.05, 0.1) is 0 Å². The van der Waals surface area contributed by atoms with Crippen molar-refractivity contribution in [1.82, 2.24) is 5.32 Å². The first-order valence-electron chi connectivity index (χ1n) is 2.85. The molecule has 0 rings (SSSR count). The molecule has 0 bridgehead atoms. The molecule has 1 N–H and O–H groups in total. The van der Waals surface area contributed by atoms with Crippen LogP contribution < -0.4 is 5.32 Å². The summed E-state index contributed by atoms with van der Waals surface area (Å²) in [6.07, 6.45) is 2.30. The van der Waals surface area contributed by atoms with Gasteiger partial charge in [-0.1, -0.05) is 19.4 Å². The number of amides is 1. The Morgan fingerprint density at radius 2 is 2.20 bits per heavy atom. The molecule has 1 radical (unpaired) electrons. The summed E-state index contributed by atoms with van der Waals surface area (Å²) in [6.45, 7) is 3.19. The summed E-state index contributed by atoms with van der Waals surface area (Å²) in [5.41, 5.74) is 0. The summed E-state index contributed by atoms with van der Waals surface area (Å²) >= 11 is 0. The van der Waals surface area contributed by atoms with E-state index < -0.39 is 6.04 Å². The maximum atomic E-state index is 10.3. The summed E-state index contributed by atoms with van der Waals surface area (Å²) in [4.78, 5) is 20.2. The molecule has 0 aliphatic rings. The second-order valence-electron chi connectivity index (χ2n) is 1.78. The zero-order valence-electron chi connectivity index (χ0n) is 6.18. The first kappa shape index (κ1) is 12.9. The molecule has 0 fully saturated rings. The fourth-order valence-electron chi connectivity index (χ4n) is 0.460. The maximum Gasteiger partial charge on any atom is 0.214 e. The van der Waals surface area contributed by atoms with Crippen LogP contribution in [0.2, 0.25) is 0 Å². The van der Waals surface area contributed by atoms with Gasteiger partial charge in [-0.3, -0.25) is 4.79 Å². The molecule has 0 saturated carbocycles. The predicted molar refractivity (Wildman–Crippen MR) is 33.6 cm³/mol. The van der Waals surface area contributed by atoms with Crippen LogP contribution in [0.25, 0.3) is 0 Å². The molecule has 55 valence electrons. The van der Waals surface area contributed by atoms with Crippen molar-refractivity contribution >= 4 is 12.2 Å². The Morgan fingerprint density at radius 3 is 2.30 bits per heavy atom. The third-order valence-corrected chi connectivity index (χ3v) is 0.928. The van der Waals surface area contributed by atoms with Crippen LogP contribution in [0.1, 0.15) is 20.3 Å². The van der Waals surface area contributed by atoms with Crippen LogP contribution >= 0.6 is 0 Å². The molecular formula is C6H10NO2Y-. The quantitative estimate of drug-likeness (QED) is 0.676. The number of carbonyl (C=O) groups is 1. The zero-order valence-corrected chi connectivity index (χ0v) is 9.02. The molecule has 10 heavy (non-hydrogen) atoms. The third kappa shape index (κ3) is 6.37. The van der Waals surface area contributed by atoms with Gasteiger partial charge in [0.15, 0.2) is 0 Å². The van der Waals surface area contributed by atoms with Gasteiger partial charge in [-0.15, -0.1) is 0 Å². The number of carbonyl (C=O) groups excluding carboxylic acids is 2. The minimum Gasteiger partial charge on any atom is -0.540 e. The van der Waals surface area contributed by atoms with Crippen LogP contribution in [0, 0.1) is 0 Å². The molecule has 0 aliphatic carbocycles. The van der Waals surface area contributed by atoms with E-state index in [1.165, 1.54) is 6.92 Å². The van der Waals surface area contributed by atoms with Gasteiger partial charge < -0.3 is 10.1 Å². The molecule has 0 aromatic rings. The second-order valence-corrected chi connectivity index (χ2v) is 1.78. The van der Waals surface area contributed by atoms with E-state index in [4.69, 9.17) is 0 Å². The van der Waals surface area contributed by atoms with Crippen LogP contribution in [0.15, 0.2) is 0 Å². The van der Waals surface area contributed by atoms with Crippen molar-refractivity contribution in [3.63, 3.8) is 0 Å². The van der Waals surface area contributed by atoms with Gasteiger partial charge in [-0.05, 0) is 0 Å². The van der Waals surface area contributed by atoms with E-state index in [2.05, 4.69) is 5.32 Å². The first-order chi connectivity index (χ1) is 4.20. The standard InChI is InChI=1S/C6H10NO2.Y/c1-3-6(4-8)7-5(2)9;/h6H,3H2,1-2H3,(H,7,9);/q-1;. The van der Waals surface area contributed by atoms with E-state index in [1.54, 1.807) is 6.29 Å². The minimum atomic E-state index is -0.428. The minimum absolute atomic E-state index is 0. The Kier molecular flexibility index (Phi) is 9.47. The predicted octanol–water partition coefficient (Wildman–Crippen LogP) is 0.00830. The van der Waals surface area contributed by atoms with Gasteiger partial charge in [0.2, 0.25) is 5.91 Å². The molecule has 1 atom stereocenters. The first-order valence-corrected chi connectivity index (χ1v) is 2.85. The van der Waals surface area contributed by atoms with Gasteiger partial charge in [0, 0.05) is 39.6 Å². The van der Waals surface area contributed by atoms with E-state index in [-0.39, 0.29) is 38.6 Å². The SMILES string of the molecule is CCC([C-]=O)NC(C)=O.[Y]. The average Bonchev–Trinajstić information content (AvgIpc) is 1.82. The fraction of sp³-hybridized carbons (Fsp3) is 0.667. The average molecular weight is 217 g/mol. The van der Waals surface area contributed by atoms with Gasteiger partial charge >= 0.3 is 0 Å². The van der Waals surface area contributed by atoms with Crippen LogP contribution in [0.5, 0.6) is 0 Å². The van der Waals surface area contributed by atoms with Crippen molar-refractivity contribution in [2.45, 2.75) is 26.3 Å². The summed E-state index contributed by atoms with van der Waals surface area (Å²) in [7, 11) is 0. The van der Waals surface area contributed by atoms with Crippen LogP contribution in [-0.4, -0.2) is 18.2 Å². The summed E-state index contributed by atoms with van der Waals surface area (Å²) in [6, 6.07) is -0.428. The largest absolute Gasteiger partial charge is 0.540 e. The smallest absolute Gasteiger partial charge is 0.214 e. The van der Waals surface area contributed by atoms with E-state index in [0.717, 1.165) is 0 Å². The third-order valence-electron chi connectivity index (χ3n) is 0.928. The number of rotatable bonds is 3. The van der Waals surface area contributed by atoms with Crippen molar-refractivity contribution in [3.05, 3.63) is 0 Å². The Morgan fingerprint density at radius 1 is 1.70 bits per heavy atom. The number of nitrogens with one attached hydrogen (secondary N) is 1. The monoisotopic (exact) mass is 217 g/mol. The fourth-order valence-corrected chi connectivity index (χ4v) is 0.460. The van der Waals surface area contributed by atoms with Gasteiger partial charge in [0.1, 0.15) is 0 Å². The van der Waals surface area contributed by atoms with Crippen molar-refractivity contribution in [1.29, 1.82) is 0 Å². The number of hydrogen-bond acceptors (Lipinski definition) is 2. The van der Waals surface area contributed by atoms with Crippen LogP contribution in [-0.2, 0) is 42.3 Å². The van der Waals surface area contributed by atoms with Gasteiger partial charge in [0.25, 0.3) is 0 Å². The Labute approximate surface area is 85.8 Å². The van der Waals surface area contributed by atoms with E-state index in [9.17, 15) is 9.59 Å². The Hall–Kier alpha value is 0.244. The molecule has 0 spiro atoms. The Bertz CT molecular complexity index is 116. The molecule has 3 nitrogen and oxygen atoms in total. The number of hydrogen-bond donors (Lipinski definition) is 1. The van der Waals surface area contributed by atoms with Crippen molar-refractivity contribution in [2.75, 3.05) is 0 Å². The van der Waals surface area contributed by atoms with Crippen LogP contribution in [0.3, 0.4) is 0 Å². The molecule has 0 aliphatic heterocycles. The normalized spacial score (nSPS) is 11.0. The molecule has 1 amide bonds. The molecule has 0 aromatic heterocycles.